The van der Waals surface area contributed by atoms with Crippen molar-refractivity contribution in [2.75, 3.05) is 5.32 Å². The fourth-order valence-electron chi connectivity index (χ4n) is 4.21. The lowest BCUT2D eigenvalue weighted by Crippen LogP contribution is -2.33. The molecule has 1 aliphatic carbocycles. The average molecular weight is 415 g/mol. The number of allylic oxidation sites excluding steroid dienone is 2. The molecule has 0 aromatic heterocycles. The Morgan fingerprint density at radius 2 is 2.04 bits per heavy atom. The second kappa shape index (κ2) is 7.81. The lowest BCUT2D eigenvalue weighted by molar-refractivity contribution is 0.0939. The van der Waals surface area contributed by atoms with Gasteiger partial charge in [-0.05, 0) is 67.1 Å². The molecule has 2 N–H and O–H groups in total. The van der Waals surface area contributed by atoms with Crippen molar-refractivity contribution in [1.82, 2.24) is 5.32 Å². The molecular formula is C23H24Cl2N2O. The van der Waals surface area contributed by atoms with Crippen LogP contribution in [0.1, 0.15) is 60.1 Å². The number of amides is 1. The summed E-state index contributed by atoms with van der Waals surface area (Å²) < 4.78 is 0. The van der Waals surface area contributed by atoms with Crippen molar-refractivity contribution in [2.24, 2.45) is 5.92 Å². The first kappa shape index (κ1) is 19.4. The first-order valence-electron chi connectivity index (χ1n) is 9.81. The third-order valence-electron chi connectivity index (χ3n) is 5.91. The molecule has 1 heterocycles. The van der Waals surface area contributed by atoms with E-state index in [1.807, 2.05) is 37.3 Å². The van der Waals surface area contributed by atoms with Crippen molar-refractivity contribution >= 4 is 34.8 Å². The Balaban J connectivity index is 1.68. The number of benzene rings is 2. The van der Waals surface area contributed by atoms with Gasteiger partial charge in [-0.3, -0.25) is 4.79 Å². The molecule has 2 aliphatic rings. The fraction of sp³-hybridized carbons (Fsp3) is 0.348. The van der Waals surface area contributed by atoms with Crippen molar-refractivity contribution in [3.8, 4) is 0 Å². The van der Waals surface area contributed by atoms with Crippen LogP contribution in [-0.4, -0.2) is 11.9 Å². The van der Waals surface area contributed by atoms with Crippen LogP contribution in [0.3, 0.4) is 0 Å². The second-order valence-corrected chi connectivity index (χ2v) is 8.57. The molecule has 0 bridgehead atoms. The molecule has 28 heavy (non-hydrogen) atoms. The molecule has 4 rings (SSSR count). The Morgan fingerprint density at radius 1 is 1.21 bits per heavy atom. The molecule has 0 saturated carbocycles. The van der Waals surface area contributed by atoms with E-state index in [2.05, 4.69) is 29.7 Å². The Hall–Kier alpha value is -1.97. The molecule has 0 radical (unpaired) electrons. The highest BCUT2D eigenvalue weighted by atomic mass is 35.5. The van der Waals surface area contributed by atoms with Crippen molar-refractivity contribution in [2.45, 2.75) is 44.7 Å². The molecule has 0 saturated heterocycles. The number of fused-ring (bicyclic) bond motifs is 3. The molecule has 2 aromatic carbocycles. The van der Waals surface area contributed by atoms with Gasteiger partial charge < -0.3 is 10.6 Å². The molecule has 1 aliphatic heterocycles. The van der Waals surface area contributed by atoms with Crippen LogP contribution in [0.5, 0.6) is 0 Å². The number of hydrogen-bond donors (Lipinski definition) is 2. The van der Waals surface area contributed by atoms with Gasteiger partial charge in [0.1, 0.15) is 0 Å². The van der Waals surface area contributed by atoms with E-state index in [-0.39, 0.29) is 23.9 Å². The van der Waals surface area contributed by atoms with Gasteiger partial charge in [-0.25, -0.2) is 0 Å². The average Bonchev–Trinajstić information content (AvgIpc) is 3.17. The Labute approximate surface area is 176 Å². The van der Waals surface area contributed by atoms with Crippen LogP contribution in [0, 0.1) is 5.92 Å². The summed E-state index contributed by atoms with van der Waals surface area (Å²) in [6.45, 7) is 4.09. The SMILES string of the molecule is CCC(C)NC(=O)c1ccc2c(c1)C1C=CCC1C(c1ccc(Cl)cc1Cl)N2. The summed E-state index contributed by atoms with van der Waals surface area (Å²) >= 11 is 12.6. The summed E-state index contributed by atoms with van der Waals surface area (Å²) in [6, 6.07) is 11.9. The molecular weight excluding hydrogens is 391 g/mol. The number of carbonyl (C=O) groups is 1. The zero-order valence-corrected chi connectivity index (χ0v) is 17.5. The molecule has 0 fully saturated rings. The number of hydrogen-bond acceptors (Lipinski definition) is 2. The van der Waals surface area contributed by atoms with Gasteiger partial charge in [-0.15, -0.1) is 0 Å². The molecule has 1 amide bonds. The van der Waals surface area contributed by atoms with Crippen LogP contribution in [-0.2, 0) is 0 Å². The lowest BCUT2D eigenvalue weighted by atomic mass is 9.76. The quantitative estimate of drug-likeness (QED) is 0.572. The Kier molecular flexibility index (Phi) is 5.39. The van der Waals surface area contributed by atoms with Gasteiger partial charge in [-0.1, -0.05) is 48.3 Å². The van der Waals surface area contributed by atoms with Gasteiger partial charge in [-0.2, -0.15) is 0 Å². The topological polar surface area (TPSA) is 41.1 Å². The first-order valence-corrected chi connectivity index (χ1v) is 10.6. The minimum Gasteiger partial charge on any atom is -0.378 e. The van der Waals surface area contributed by atoms with Crippen molar-refractivity contribution < 1.29 is 4.79 Å². The van der Waals surface area contributed by atoms with E-state index in [0.717, 1.165) is 24.1 Å². The molecule has 4 atom stereocenters. The number of nitrogens with one attached hydrogen (secondary N) is 2. The number of rotatable bonds is 4. The van der Waals surface area contributed by atoms with E-state index in [9.17, 15) is 4.79 Å². The molecule has 2 aromatic rings. The highest BCUT2D eigenvalue weighted by molar-refractivity contribution is 6.35. The Morgan fingerprint density at radius 3 is 2.79 bits per heavy atom. The fourth-order valence-corrected chi connectivity index (χ4v) is 4.73. The van der Waals surface area contributed by atoms with Crippen LogP contribution in [0.2, 0.25) is 10.0 Å². The summed E-state index contributed by atoms with van der Waals surface area (Å²) in [6.07, 6.45) is 6.38. The van der Waals surface area contributed by atoms with Crippen LogP contribution in [0.15, 0.2) is 48.6 Å². The summed E-state index contributed by atoms with van der Waals surface area (Å²) in [4.78, 5) is 12.6. The van der Waals surface area contributed by atoms with E-state index >= 15 is 0 Å². The maximum Gasteiger partial charge on any atom is 0.251 e. The predicted molar refractivity (Wildman–Crippen MR) is 116 cm³/mol. The van der Waals surface area contributed by atoms with Crippen LogP contribution in [0.25, 0.3) is 0 Å². The standard InChI is InChI=1S/C23H24Cl2N2O/c1-3-13(2)26-23(28)14-7-10-21-19(11-14)16-5-4-6-17(16)22(27-21)18-9-8-15(24)12-20(18)25/h4-5,7-13,16-17,22,27H,3,6H2,1-2H3,(H,26,28). The van der Waals surface area contributed by atoms with Gasteiger partial charge in [0.05, 0.1) is 6.04 Å². The van der Waals surface area contributed by atoms with Gasteiger partial charge in [0.15, 0.2) is 0 Å². The molecule has 5 heteroatoms. The molecule has 146 valence electrons. The van der Waals surface area contributed by atoms with Crippen molar-refractivity contribution in [3.63, 3.8) is 0 Å². The second-order valence-electron chi connectivity index (χ2n) is 7.73. The van der Waals surface area contributed by atoms with Gasteiger partial charge in [0.2, 0.25) is 0 Å². The third-order valence-corrected chi connectivity index (χ3v) is 6.47. The molecule has 0 spiro atoms. The minimum atomic E-state index is -0.0152. The Bertz CT molecular complexity index is 940. The zero-order chi connectivity index (χ0) is 19.8. The van der Waals surface area contributed by atoms with Gasteiger partial charge in [0, 0.05) is 33.3 Å². The molecule has 3 nitrogen and oxygen atoms in total. The summed E-state index contributed by atoms with van der Waals surface area (Å²) in [7, 11) is 0. The van der Waals surface area contributed by atoms with E-state index < -0.39 is 0 Å². The lowest BCUT2D eigenvalue weighted by Gasteiger charge is -2.38. The first-order chi connectivity index (χ1) is 13.5. The van der Waals surface area contributed by atoms with E-state index in [1.54, 1.807) is 6.07 Å². The summed E-state index contributed by atoms with van der Waals surface area (Å²) in [5, 5.41) is 8.04. The number of carbonyl (C=O) groups excluding carboxylic acids is 1. The monoisotopic (exact) mass is 414 g/mol. The largest absolute Gasteiger partial charge is 0.378 e. The predicted octanol–water partition coefficient (Wildman–Crippen LogP) is 6.35. The van der Waals surface area contributed by atoms with Gasteiger partial charge in [0.25, 0.3) is 5.91 Å². The van der Waals surface area contributed by atoms with Crippen LogP contribution < -0.4 is 10.6 Å². The summed E-state index contributed by atoms with van der Waals surface area (Å²) in [5.41, 5.74) is 4.01. The smallest absolute Gasteiger partial charge is 0.251 e. The third kappa shape index (κ3) is 3.54. The van der Waals surface area contributed by atoms with E-state index in [0.29, 0.717) is 21.5 Å². The van der Waals surface area contributed by atoms with Crippen LogP contribution >= 0.6 is 23.2 Å². The number of anilines is 1. The summed E-state index contributed by atoms with van der Waals surface area (Å²) in [5.74, 6) is 0.613. The normalized spacial score (nSPS) is 23.5. The molecule has 4 unspecified atom stereocenters. The maximum absolute atomic E-state index is 12.6. The maximum atomic E-state index is 12.6. The highest BCUT2D eigenvalue weighted by Gasteiger charge is 2.38. The minimum absolute atomic E-state index is 0.0152. The number of halogens is 2. The van der Waals surface area contributed by atoms with E-state index in [1.165, 1.54) is 5.56 Å². The van der Waals surface area contributed by atoms with E-state index in [4.69, 9.17) is 23.2 Å². The van der Waals surface area contributed by atoms with Crippen molar-refractivity contribution in [3.05, 3.63) is 75.3 Å². The highest BCUT2D eigenvalue weighted by Crippen LogP contribution is 2.51. The van der Waals surface area contributed by atoms with Gasteiger partial charge >= 0.3 is 0 Å². The van der Waals surface area contributed by atoms with Crippen LogP contribution in [0.4, 0.5) is 5.69 Å². The van der Waals surface area contributed by atoms with Crippen molar-refractivity contribution in [1.29, 1.82) is 0 Å². The zero-order valence-electron chi connectivity index (χ0n) is 16.0.